The number of carbonyl (C=O) groups is 1. The summed E-state index contributed by atoms with van der Waals surface area (Å²) in [5.41, 5.74) is 1.51. The lowest BCUT2D eigenvalue weighted by Crippen LogP contribution is -2.51. The fourth-order valence-corrected chi connectivity index (χ4v) is 3.56. The average molecular weight is 394 g/mol. The maximum Gasteiger partial charge on any atom is 0.409 e. The lowest BCUT2D eigenvalue weighted by Gasteiger charge is -2.38. The van der Waals surface area contributed by atoms with Crippen molar-refractivity contribution in [1.29, 1.82) is 0 Å². The van der Waals surface area contributed by atoms with Crippen LogP contribution in [-0.2, 0) is 4.79 Å². The highest BCUT2D eigenvalue weighted by molar-refractivity contribution is 5.88. The summed E-state index contributed by atoms with van der Waals surface area (Å²) in [4.78, 5) is 11.9. The Kier molecular flexibility index (Phi) is 5.32. The van der Waals surface area contributed by atoms with Crippen molar-refractivity contribution in [2.45, 2.75) is 51.9 Å². The first-order chi connectivity index (χ1) is 13.0. The lowest BCUT2D eigenvalue weighted by atomic mass is 9.93. The van der Waals surface area contributed by atoms with Crippen LogP contribution in [0.5, 0.6) is 5.75 Å². The van der Waals surface area contributed by atoms with E-state index in [2.05, 4.69) is 5.43 Å². The number of alkyl halides is 3. The highest BCUT2D eigenvalue weighted by Crippen LogP contribution is 2.45. The predicted octanol–water partition coefficient (Wildman–Crippen LogP) is 4.99. The van der Waals surface area contributed by atoms with Gasteiger partial charge >= 0.3 is 6.18 Å². The lowest BCUT2D eigenvalue weighted by molar-refractivity contribution is -0.203. The topological polar surface area (TPSA) is 41.6 Å². The normalized spacial score (nSPS) is 18.5. The molecule has 1 saturated heterocycles. The predicted molar refractivity (Wildman–Crippen MR) is 102 cm³/mol. The van der Waals surface area contributed by atoms with Gasteiger partial charge in [-0.3, -0.25) is 10.2 Å². The molecule has 1 atom stereocenters. The Balaban J connectivity index is 2.17. The molecule has 2 aromatic rings. The van der Waals surface area contributed by atoms with Crippen LogP contribution in [0.4, 0.5) is 13.2 Å². The quantitative estimate of drug-likeness (QED) is 0.777. The second kappa shape index (κ2) is 7.28. The molecule has 2 aromatic carbocycles. The molecule has 7 heteroatoms. The van der Waals surface area contributed by atoms with Gasteiger partial charge in [0.1, 0.15) is 5.75 Å². The Bertz CT molecular complexity index is 878. The molecule has 28 heavy (non-hydrogen) atoms. The molecule has 1 aliphatic heterocycles. The van der Waals surface area contributed by atoms with E-state index >= 15 is 0 Å². The van der Waals surface area contributed by atoms with E-state index in [0.717, 1.165) is 5.01 Å². The van der Waals surface area contributed by atoms with Crippen molar-refractivity contribution >= 4 is 16.7 Å². The third kappa shape index (κ3) is 4.09. The van der Waals surface area contributed by atoms with Gasteiger partial charge in [-0.05, 0) is 48.2 Å². The zero-order valence-electron chi connectivity index (χ0n) is 16.4. The van der Waals surface area contributed by atoms with Crippen molar-refractivity contribution in [2.75, 3.05) is 6.61 Å². The number of rotatable bonds is 5. The first-order valence-corrected chi connectivity index (χ1v) is 9.30. The maximum absolute atomic E-state index is 14.3. The van der Waals surface area contributed by atoms with Crippen molar-refractivity contribution in [3.05, 3.63) is 42.0 Å². The molecule has 0 radical (unpaired) electrons. The van der Waals surface area contributed by atoms with Crippen molar-refractivity contribution in [3.8, 4) is 5.75 Å². The maximum atomic E-state index is 14.3. The molecular weight excluding hydrogens is 369 g/mol. The van der Waals surface area contributed by atoms with Gasteiger partial charge in [-0.1, -0.05) is 38.1 Å². The fraction of sp³-hybridized carbons (Fsp3) is 0.476. The van der Waals surface area contributed by atoms with Crippen molar-refractivity contribution in [1.82, 2.24) is 10.4 Å². The zero-order valence-corrected chi connectivity index (χ0v) is 16.4. The summed E-state index contributed by atoms with van der Waals surface area (Å²) in [7, 11) is 0. The first-order valence-electron chi connectivity index (χ1n) is 9.30. The van der Waals surface area contributed by atoms with Crippen LogP contribution in [-0.4, -0.2) is 29.2 Å². The van der Waals surface area contributed by atoms with Gasteiger partial charge in [0.25, 0.3) is 0 Å². The molecule has 1 fully saturated rings. The van der Waals surface area contributed by atoms with Gasteiger partial charge in [0.2, 0.25) is 5.91 Å². The minimum atomic E-state index is -4.59. The number of benzene rings is 2. The van der Waals surface area contributed by atoms with E-state index in [-0.39, 0.29) is 17.9 Å². The summed E-state index contributed by atoms with van der Waals surface area (Å²) in [6.07, 6.45) is -4.59. The van der Waals surface area contributed by atoms with Crippen LogP contribution < -0.4 is 10.2 Å². The van der Waals surface area contributed by atoms with Crippen LogP contribution in [0.1, 0.15) is 45.7 Å². The molecule has 0 saturated carbocycles. The van der Waals surface area contributed by atoms with E-state index in [9.17, 15) is 18.0 Å². The van der Waals surface area contributed by atoms with Crippen molar-refractivity contribution in [2.24, 2.45) is 5.92 Å². The van der Waals surface area contributed by atoms with E-state index in [1.165, 1.54) is 6.07 Å². The number of carbonyl (C=O) groups excluding carboxylic acids is 1. The average Bonchev–Trinajstić information content (AvgIpc) is 2.84. The number of hydrazine groups is 1. The number of hydrogen-bond donors (Lipinski definition) is 1. The third-order valence-corrected chi connectivity index (χ3v) is 4.80. The molecule has 0 spiro atoms. The number of nitrogens with one attached hydrogen (secondary N) is 1. The van der Waals surface area contributed by atoms with E-state index in [1.54, 1.807) is 44.2 Å². The van der Waals surface area contributed by atoms with Crippen LogP contribution in [0, 0.1) is 5.92 Å². The molecule has 152 valence electrons. The van der Waals surface area contributed by atoms with Crippen LogP contribution >= 0.6 is 0 Å². The summed E-state index contributed by atoms with van der Waals surface area (Å²) < 4.78 is 48.5. The molecule has 0 aromatic heterocycles. The number of amides is 1. The van der Waals surface area contributed by atoms with E-state index in [1.807, 2.05) is 13.8 Å². The fourth-order valence-electron chi connectivity index (χ4n) is 3.56. The van der Waals surface area contributed by atoms with Crippen LogP contribution in [0.3, 0.4) is 0 Å². The summed E-state index contributed by atoms with van der Waals surface area (Å²) in [5.74, 6) is 0.209. The molecule has 1 amide bonds. The van der Waals surface area contributed by atoms with E-state index in [4.69, 9.17) is 4.74 Å². The second-order valence-electron chi connectivity index (χ2n) is 8.28. The standard InChI is InChI=1S/C21H25F3N2O2/c1-13(2)12-28-15-9-14-7-5-6-8-16(14)17(10-15)19(21(22,23)24)26-20(3,4)11-18(27)25-26/h5-10,13,19H,11-12H2,1-4H3,(H,25,27). The molecule has 1 aliphatic rings. The van der Waals surface area contributed by atoms with Gasteiger partial charge in [0.05, 0.1) is 6.61 Å². The van der Waals surface area contributed by atoms with Crippen molar-refractivity contribution in [3.63, 3.8) is 0 Å². The molecule has 1 unspecified atom stereocenters. The van der Waals surface area contributed by atoms with E-state index in [0.29, 0.717) is 23.1 Å². The molecule has 1 N–H and O–H groups in total. The van der Waals surface area contributed by atoms with Gasteiger partial charge < -0.3 is 4.74 Å². The minimum Gasteiger partial charge on any atom is -0.493 e. The van der Waals surface area contributed by atoms with Gasteiger partial charge in [0, 0.05) is 12.0 Å². The highest BCUT2D eigenvalue weighted by Gasteiger charge is 2.53. The number of ether oxygens (including phenoxy) is 1. The van der Waals surface area contributed by atoms with Gasteiger partial charge in [0.15, 0.2) is 6.04 Å². The molecule has 1 heterocycles. The Hall–Kier alpha value is -2.28. The Morgan fingerprint density at radius 2 is 1.89 bits per heavy atom. The van der Waals surface area contributed by atoms with Crippen LogP contribution in [0.15, 0.2) is 36.4 Å². The monoisotopic (exact) mass is 394 g/mol. The summed E-state index contributed by atoms with van der Waals surface area (Å²) >= 11 is 0. The summed E-state index contributed by atoms with van der Waals surface area (Å²) in [6, 6.07) is 8.14. The number of nitrogens with zero attached hydrogens (tertiary/aromatic N) is 1. The van der Waals surface area contributed by atoms with Crippen molar-refractivity contribution < 1.29 is 22.7 Å². The highest BCUT2D eigenvalue weighted by atomic mass is 19.4. The Morgan fingerprint density at radius 3 is 2.46 bits per heavy atom. The van der Waals surface area contributed by atoms with Gasteiger partial charge in [-0.2, -0.15) is 18.2 Å². The third-order valence-electron chi connectivity index (χ3n) is 4.80. The largest absolute Gasteiger partial charge is 0.493 e. The number of hydrogen-bond acceptors (Lipinski definition) is 3. The first kappa shape index (κ1) is 20.5. The molecular formula is C21H25F3N2O2. The summed E-state index contributed by atoms with van der Waals surface area (Å²) in [6.45, 7) is 7.61. The molecule has 0 aliphatic carbocycles. The van der Waals surface area contributed by atoms with Crippen LogP contribution in [0.2, 0.25) is 0 Å². The Morgan fingerprint density at radius 1 is 1.21 bits per heavy atom. The molecule has 0 bridgehead atoms. The molecule has 3 rings (SSSR count). The number of halogens is 3. The van der Waals surface area contributed by atoms with Crippen LogP contribution in [0.25, 0.3) is 10.8 Å². The smallest absolute Gasteiger partial charge is 0.409 e. The van der Waals surface area contributed by atoms with Gasteiger partial charge in [-0.15, -0.1) is 0 Å². The Labute approximate surface area is 162 Å². The van der Waals surface area contributed by atoms with Gasteiger partial charge in [-0.25, -0.2) is 0 Å². The minimum absolute atomic E-state index is 0.00104. The number of fused-ring (bicyclic) bond motifs is 1. The summed E-state index contributed by atoms with van der Waals surface area (Å²) in [5, 5.41) is 2.18. The van der Waals surface area contributed by atoms with E-state index < -0.39 is 23.7 Å². The second-order valence-corrected chi connectivity index (χ2v) is 8.28. The SMILES string of the molecule is CC(C)COc1cc(C(N2NC(=O)CC2(C)C)C(F)(F)F)c2ccccc2c1. The molecule has 4 nitrogen and oxygen atoms in total. The zero-order chi connectivity index (χ0) is 20.7.